The van der Waals surface area contributed by atoms with Crippen LogP contribution in [-0.4, -0.2) is 6.54 Å². The molecule has 0 amide bonds. The molecular weight excluding hydrogens is 277 g/mol. The molecule has 0 spiro atoms. The minimum absolute atomic E-state index is 0.252. The van der Waals surface area contributed by atoms with Crippen LogP contribution in [0.4, 0.5) is 0 Å². The van der Waals surface area contributed by atoms with Crippen molar-refractivity contribution < 1.29 is 0 Å². The Kier molecular flexibility index (Phi) is 5.26. The summed E-state index contributed by atoms with van der Waals surface area (Å²) in [5, 5.41) is 4.98. The molecule has 19 heavy (non-hydrogen) atoms. The number of hydrogen-bond acceptors (Lipinski definition) is 1. The zero-order valence-corrected chi connectivity index (χ0v) is 12.4. The Morgan fingerprint density at radius 3 is 2.47 bits per heavy atom. The van der Waals surface area contributed by atoms with E-state index < -0.39 is 0 Å². The molecule has 0 heterocycles. The minimum atomic E-state index is 0.252. The van der Waals surface area contributed by atoms with Crippen molar-refractivity contribution in [1.82, 2.24) is 5.32 Å². The molecule has 2 rings (SSSR count). The molecule has 0 radical (unpaired) electrons. The van der Waals surface area contributed by atoms with Crippen molar-refractivity contribution in [2.24, 2.45) is 0 Å². The molecule has 0 fully saturated rings. The molecule has 0 aliphatic rings. The van der Waals surface area contributed by atoms with Crippen LogP contribution in [-0.2, 0) is 6.42 Å². The molecule has 3 heteroatoms. The molecule has 1 atom stereocenters. The van der Waals surface area contributed by atoms with Gasteiger partial charge in [-0.25, -0.2) is 0 Å². The fraction of sp³-hybridized carbons (Fsp3) is 0.250. The van der Waals surface area contributed by atoms with Crippen molar-refractivity contribution in [3.63, 3.8) is 0 Å². The molecule has 0 aliphatic heterocycles. The smallest absolute Gasteiger partial charge is 0.0439 e. The topological polar surface area (TPSA) is 12.0 Å². The average molecular weight is 294 g/mol. The third-order valence-corrected chi connectivity index (χ3v) is 3.69. The van der Waals surface area contributed by atoms with E-state index in [2.05, 4.69) is 36.5 Å². The van der Waals surface area contributed by atoms with Gasteiger partial charge in [-0.15, -0.1) is 0 Å². The largest absolute Gasteiger partial charge is 0.310 e. The Morgan fingerprint density at radius 1 is 1.05 bits per heavy atom. The molecule has 100 valence electrons. The van der Waals surface area contributed by atoms with Crippen LogP contribution in [0.15, 0.2) is 48.5 Å². The molecule has 1 nitrogen and oxygen atoms in total. The fourth-order valence-corrected chi connectivity index (χ4v) is 2.55. The molecule has 0 aliphatic carbocycles. The van der Waals surface area contributed by atoms with Gasteiger partial charge in [0.25, 0.3) is 0 Å². The van der Waals surface area contributed by atoms with Crippen LogP contribution in [0.5, 0.6) is 0 Å². The van der Waals surface area contributed by atoms with Gasteiger partial charge < -0.3 is 5.32 Å². The first-order valence-electron chi connectivity index (χ1n) is 6.43. The Balaban J connectivity index is 2.24. The first-order chi connectivity index (χ1) is 9.20. The third-order valence-electron chi connectivity index (χ3n) is 3.08. The van der Waals surface area contributed by atoms with E-state index in [1.54, 1.807) is 0 Å². The van der Waals surface area contributed by atoms with Gasteiger partial charge in [0.15, 0.2) is 0 Å². The molecular formula is C16H17Cl2N. The zero-order chi connectivity index (χ0) is 13.7. The first-order valence-corrected chi connectivity index (χ1v) is 7.18. The van der Waals surface area contributed by atoms with Gasteiger partial charge in [0.1, 0.15) is 0 Å². The van der Waals surface area contributed by atoms with Crippen LogP contribution in [0.1, 0.15) is 24.1 Å². The van der Waals surface area contributed by atoms with Gasteiger partial charge in [0.05, 0.1) is 0 Å². The molecule has 0 aromatic heterocycles. The standard InChI is InChI=1S/C16H17Cl2N/c1-2-19-16(12-6-4-3-5-7-12)11-13-10-14(17)8-9-15(13)18/h3-10,16,19H,2,11H2,1H3. The van der Waals surface area contributed by atoms with Gasteiger partial charge in [-0.1, -0.05) is 60.5 Å². The summed E-state index contributed by atoms with van der Waals surface area (Å²) >= 11 is 12.3. The maximum atomic E-state index is 6.24. The van der Waals surface area contributed by atoms with Gasteiger partial charge >= 0.3 is 0 Å². The molecule has 1 unspecified atom stereocenters. The minimum Gasteiger partial charge on any atom is -0.310 e. The Morgan fingerprint density at radius 2 is 1.79 bits per heavy atom. The normalized spacial score (nSPS) is 12.4. The Labute approximate surface area is 124 Å². The highest BCUT2D eigenvalue weighted by Crippen LogP contribution is 2.26. The fourth-order valence-electron chi connectivity index (χ4n) is 2.16. The number of benzene rings is 2. The summed E-state index contributed by atoms with van der Waals surface area (Å²) < 4.78 is 0. The van der Waals surface area contributed by atoms with Crippen molar-refractivity contribution in [3.05, 3.63) is 69.7 Å². The lowest BCUT2D eigenvalue weighted by Crippen LogP contribution is -2.23. The third kappa shape index (κ3) is 3.97. The predicted molar refractivity (Wildman–Crippen MR) is 83.0 cm³/mol. The second-order valence-electron chi connectivity index (χ2n) is 4.46. The van der Waals surface area contributed by atoms with E-state index in [-0.39, 0.29) is 6.04 Å². The van der Waals surface area contributed by atoms with E-state index in [0.717, 1.165) is 28.6 Å². The quantitative estimate of drug-likeness (QED) is 0.828. The van der Waals surface area contributed by atoms with Crippen LogP contribution >= 0.6 is 23.2 Å². The lowest BCUT2D eigenvalue weighted by atomic mass is 9.99. The van der Waals surface area contributed by atoms with Crippen molar-refractivity contribution in [1.29, 1.82) is 0 Å². The van der Waals surface area contributed by atoms with Crippen LogP contribution in [0.3, 0.4) is 0 Å². The second-order valence-corrected chi connectivity index (χ2v) is 5.30. The van der Waals surface area contributed by atoms with Crippen molar-refractivity contribution in [2.75, 3.05) is 6.54 Å². The van der Waals surface area contributed by atoms with Gasteiger partial charge in [0, 0.05) is 16.1 Å². The zero-order valence-electron chi connectivity index (χ0n) is 10.9. The van der Waals surface area contributed by atoms with E-state index in [1.165, 1.54) is 5.56 Å². The maximum absolute atomic E-state index is 6.24. The van der Waals surface area contributed by atoms with Crippen LogP contribution < -0.4 is 5.32 Å². The highest BCUT2D eigenvalue weighted by molar-refractivity contribution is 6.33. The summed E-state index contributed by atoms with van der Waals surface area (Å²) in [6.07, 6.45) is 0.831. The summed E-state index contributed by atoms with van der Waals surface area (Å²) in [7, 11) is 0. The summed E-state index contributed by atoms with van der Waals surface area (Å²) in [5.41, 5.74) is 2.34. The van der Waals surface area contributed by atoms with Crippen molar-refractivity contribution in [3.8, 4) is 0 Å². The van der Waals surface area contributed by atoms with Crippen LogP contribution in [0.2, 0.25) is 10.0 Å². The SMILES string of the molecule is CCNC(Cc1cc(Cl)ccc1Cl)c1ccccc1. The lowest BCUT2D eigenvalue weighted by molar-refractivity contribution is 0.550. The summed E-state index contributed by atoms with van der Waals surface area (Å²) in [6, 6.07) is 16.3. The van der Waals surface area contributed by atoms with E-state index in [1.807, 2.05) is 24.3 Å². The van der Waals surface area contributed by atoms with E-state index in [4.69, 9.17) is 23.2 Å². The highest BCUT2D eigenvalue weighted by Gasteiger charge is 2.13. The molecule has 0 bridgehead atoms. The van der Waals surface area contributed by atoms with Crippen LogP contribution in [0.25, 0.3) is 0 Å². The number of likely N-dealkylation sites (N-methyl/N-ethyl adjacent to an activating group) is 1. The monoisotopic (exact) mass is 293 g/mol. The summed E-state index contributed by atoms with van der Waals surface area (Å²) in [6.45, 7) is 3.02. The van der Waals surface area contributed by atoms with Gasteiger partial charge in [-0.05, 0) is 42.3 Å². The number of rotatable bonds is 5. The Hall–Kier alpha value is -1.02. The van der Waals surface area contributed by atoms with Crippen molar-refractivity contribution >= 4 is 23.2 Å². The molecule has 2 aromatic rings. The van der Waals surface area contributed by atoms with Crippen LogP contribution in [0, 0.1) is 0 Å². The first kappa shape index (κ1) is 14.4. The molecule has 0 saturated heterocycles. The number of hydrogen-bond donors (Lipinski definition) is 1. The summed E-state index contributed by atoms with van der Waals surface area (Å²) in [4.78, 5) is 0. The number of halogens is 2. The van der Waals surface area contributed by atoms with E-state index in [9.17, 15) is 0 Å². The van der Waals surface area contributed by atoms with Gasteiger partial charge in [-0.2, -0.15) is 0 Å². The van der Waals surface area contributed by atoms with E-state index in [0.29, 0.717) is 0 Å². The molecule has 0 saturated carbocycles. The molecule has 2 aromatic carbocycles. The summed E-state index contributed by atoms with van der Waals surface area (Å²) in [5.74, 6) is 0. The second kappa shape index (κ2) is 6.95. The molecule has 1 N–H and O–H groups in total. The van der Waals surface area contributed by atoms with Gasteiger partial charge in [0.2, 0.25) is 0 Å². The van der Waals surface area contributed by atoms with Crippen molar-refractivity contribution in [2.45, 2.75) is 19.4 Å². The van der Waals surface area contributed by atoms with Gasteiger partial charge in [-0.3, -0.25) is 0 Å². The predicted octanol–water partition coefficient (Wildman–Crippen LogP) is 4.89. The highest BCUT2D eigenvalue weighted by atomic mass is 35.5. The van der Waals surface area contributed by atoms with E-state index >= 15 is 0 Å². The lowest BCUT2D eigenvalue weighted by Gasteiger charge is -2.19. The Bertz CT molecular complexity index is 526. The average Bonchev–Trinajstić information content (AvgIpc) is 2.43. The number of nitrogens with one attached hydrogen (secondary N) is 1. The maximum Gasteiger partial charge on any atom is 0.0439 e.